The van der Waals surface area contributed by atoms with Crippen LogP contribution >= 0.6 is 0 Å². The van der Waals surface area contributed by atoms with Crippen LogP contribution in [0.1, 0.15) is 31.2 Å². The maximum atomic E-state index is 12.1. The van der Waals surface area contributed by atoms with Crippen molar-refractivity contribution < 1.29 is 4.79 Å². The van der Waals surface area contributed by atoms with E-state index in [1.807, 2.05) is 24.3 Å². The summed E-state index contributed by atoms with van der Waals surface area (Å²) >= 11 is 0. The van der Waals surface area contributed by atoms with E-state index in [9.17, 15) is 4.79 Å². The molecule has 0 saturated heterocycles. The largest absolute Gasteiger partial charge is 0.336 e. The molecule has 0 radical (unpaired) electrons. The third kappa shape index (κ3) is 3.95. The van der Waals surface area contributed by atoms with Gasteiger partial charge in [0.25, 0.3) is 0 Å². The molecule has 116 valence electrons. The maximum absolute atomic E-state index is 12.1. The lowest BCUT2D eigenvalue weighted by molar-refractivity contribution is 0.156. The van der Waals surface area contributed by atoms with Crippen LogP contribution in [0, 0.1) is 0 Å². The minimum atomic E-state index is -0.155. The minimum Gasteiger partial charge on any atom is -0.336 e. The molecule has 2 amide bonds. The molecule has 1 aliphatic carbocycles. The highest BCUT2D eigenvalue weighted by Gasteiger charge is 2.36. The van der Waals surface area contributed by atoms with Gasteiger partial charge in [0.1, 0.15) is 0 Å². The van der Waals surface area contributed by atoms with Crippen molar-refractivity contribution in [2.75, 3.05) is 26.0 Å². The molecule has 0 aliphatic heterocycles. The van der Waals surface area contributed by atoms with Crippen molar-refractivity contribution in [3.63, 3.8) is 0 Å². The summed E-state index contributed by atoms with van der Waals surface area (Å²) in [7, 11) is 4.19. The van der Waals surface area contributed by atoms with E-state index in [1.165, 1.54) is 12.8 Å². The summed E-state index contributed by atoms with van der Waals surface area (Å²) < 4.78 is 0. The van der Waals surface area contributed by atoms with E-state index in [1.54, 1.807) is 0 Å². The number of likely N-dealkylation sites (N-methyl/N-ethyl adjacent to an activating group) is 1. The Morgan fingerprint density at radius 3 is 2.67 bits per heavy atom. The van der Waals surface area contributed by atoms with Gasteiger partial charge in [-0.1, -0.05) is 25.0 Å². The number of carbonyl (C=O) groups is 1. The first-order chi connectivity index (χ1) is 10.1. The summed E-state index contributed by atoms with van der Waals surface area (Å²) in [5.74, 6) is 0. The van der Waals surface area contributed by atoms with Gasteiger partial charge < -0.3 is 21.3 Å². The van der Waals surface area contributed by atoms with Gasteiger partial charge in [0, 0.05) is 24.3 Å². The SMILES string of the molecule is CN(C)C1(CNC(=O)Nc2cccc(CN)c2)CCCC1. The summed E-state index contributed by atoms with van der Waals surface area (Å²) in [6, 6.07) is 7.46. The van der Waals surface area contributed by atoms with Gasteiger partial charge in [0.05, 0.1) is 0 Å². The number of carbonyl (C=O) groups excluding carboxylic acids is 1. The average molecular weight is 290 g/mol. The van der Waals surface area contributed by atoms with Crippen LogP contribution in [0.25, 0.3) is 0 Å². The number of amides is 2. The molecule has 1 fully saturated rings. The molecular weight excluding hydrogens is 264 g/mol. The smallest absolute Gasteiger partial charge is 0.319 e. The standard InChI is InChI=1S/C16H26N4O/c1-20(2)16(8-3-4-9-16)12-18-15(21)19-14-7-5-6-13(10-14)11-17/h5-7,10H,3-4,8-9,11-12,17H2,1-2H3,(H2,18,19,21). The van der Waals surface area contributed by atoms with Crippen molar-refractivity contribution in [1.82, 2.24) is 10.2 Å². The third-order valence-corrected chi connectivity index (χ3v) is 4.48. The molecule has 21 heavy (non-hydrogen) atoms. The number of urea groups is 1. The number of nitrogens with one attached hydrogen (secondary N) is 2. The molecule has 4 N–H and O–H groups in total. The Balaban J connectivity index is 1.89. The zero-order chi connectivity index (χ0) is 15.3. The molecule has 0 bridgehead atoms. The number of hydrogen-bond acceptors (Lipinski definition) is 3. The second-order valence-corrected chi connectivity index (χ2v) is 6.04. The van der Waals surface area contributed by atoms with Crippen LogP contribution < -0.4 is 16.4 Å². The highest BCUT2D eigenvalue weighted by molar-refractivity contribution is 5.89. The second kappa shape index (κ2) is 6.91. The molecule has 1 aromatic rings. The number of hydrogen-bond donors (Lipinski definition) is 3. The Bertz CT molecular complexity index is 481. The van der Waals surface area contributed by atoms with Crippen molar-refractivity contribution in [2.24, 2.45) is 5.73 Å². The van der Waals surface area contributed by atoms with Gasteiger partial charge in [-0.3, -0.25) is 0 Å². The number of nitrogens with two attached hydrogens (primary N) is 1. The van der Waals surface area contributed by atoms with Gasteiger partial charge in [-0.05, 0) is 44.6 Å². The molecule has 0 atom stereocenters. The van der Waals surface area contributed by atoms with Crippen LogP contribution in [0.5, 0.6) is 0 Å². The van der Waals surface area contributed by atoms with Crippen LogP contribution in [0.2, 0.25) is 0 Å². The van der Waals surface area contributed by atoms with Crippen molar-refractivity contribution in [3.05, 3.63) is 29.8 Å². The average Bonchev–Trinajstić information content (AvgIpc) is 2.95. The molecule has 0 aromatic heterocycles. The van der Waals surface area contributed by atoms with Crippen LogP contribution in [-0.4, -0.2) is 37.1 Å². The molecular formula is C16H26N4O. The van der Waals surface area contributed by atoms with E-state index >= 15 is 0 Å². The highest BCUT2D eigenvalue weighted by Crippen LogP contribution is 2.33. The molecule has 1 saturated carbocycles. The van der Waals surface area contributed by atoms with Crippen molar-refractivity contribution in [1.29, 1.82) is 0 Å². The summed E-state index contributed by atoms with van der Waals surface area (Å²) in [5, 5.41) is 5.88. The van der Waals surface area contributed by atoms with E-state index in [0.717, 1.165) is 24.1 Å². The van der Waals surface area contributed by atoms with Crippen molar-refractivity contribution >= 4 is 11.7 Å². The minimum absolute atomic E-state index is 0.108. The van der Waals surface area contributed by atoms with Gasteiger partial charge in [0.15, 0.2) is 0 Å². The summed E-state index contributed by atoms with van der Waals surface area (Å²) in [4.78, 5) is 14.3. The van der Waals surface area contributed by atoms with Gasteiger partial charge in [-0.15, -0.1) is 0 Å². The zero-order valence-corrected chi connectivity index (χ0v) is 13.0. The normalized spacial score (nSPS) is 17.0. The fourth-order valence-electron chi connectivity index (χ4n) is 3.01. The van der Waals surface area contributed by atoms with Gasteiger partial charge >= 0.3 is 6.03 Å². The quantitative estimate of drug-likeness (QED) is 0.778. The van der Waals surface area contributed by atoms with Crippen LogP contribution in [0.15, 0.2) is 24.3 Å². The van der Waals surface area contributed by atoms with Crippen LogP contribution in [-0.2, 0) is 6.54 Å². The predicted octanol–water partition coefficient (Wildman–Crippen LogP) is 2.14. The predicted molar refractivity (Wildman–Crippen MR) is 86.2 cm³/mol. The molecule has 0 heterocycles. The Kier molecular flexibility index (Phi) is 5.20. The number of rotatable bonds is 5. The van der Waals surface area contributed by atoms with E-state index in [-0.39, 0.29) is 11.6 Å². The van der Waals surface area contributed by atoms with Gasteiger partial charge in [-0.2, -0.15) is 0 Å². The Labute approximate surface area is 126 Å². The van der Waals surface area contributed by atoms with Crippen LogP contribution in [0.4, 0.5) is 10.5 Å². The van der Waals surface area contributed by atoms with Crippen LogP contribution in [0.3, 0.4) is 0 Å². The van der Waals surface area contributed by atoms with E-state index in [4.69, 9.17) is 5.73 Å². The lowest BCUT2D eigenvalue weighted by Crippen LogP contribution is -2.51. The molecule has 5 heteroatoms. The Morgan fingerprint density at radius 2 is 2.05 bits per heavy atom. The topological polar surface area (TPSA) is 70.4 Å². The molecule has 1 aliphatic rings. The van der Waals surface area contributed by atoms with Gasteiger partial charge in [0.2, 0.25) is 0 Å². The molecule has 0 spiro atoms. The van der Waals surface area contributed by atoms with Gasteiger partial charge in [-0.25, -0.2) is 4.79 Å². The van der Waals surface area contributed by atoms with E-state index in [2.05, 4.69) is 29.6 Å². The fraction of sp³-hybridized carbons (Fsp3) is 0.562. The first kappa shape index (κ1) is 15.8. The second-order valence-electron chi connectivity index (χ2n) is 6.04. The fourth-order valence-corrected chi connectivity index (χ4v) is 3.01. The van der Waals surface area contributed by atoms with Crippen molar-refractivity contribution in [2.45, 2.75) is 37.8 Å². The summed E-state index contributed by atoms with van der Waals surface area (Å²) in [6.45, 7) is 1.16. The number of nitrogens with zero attached hydrogens (tertiary/aromatic N) is 1. The Hall–Kier alpha value is -1.59. The number of benzene rings is 1. The molecule has 0 unspecified atom stereocenters. The Morgan fingerprint density at radius 1 is 1.33 bits per heavy atom. The number of anilines is 1. The molecule has 5 nitrogen and oxygen atoms in total. The molecule has 1 aromatic carbocycles. The lowest BCUT2D eigenvalue weighted by atomic mass is 9.96. The maximum Gasteiger partial charge on any atom is 0.319 e. The van der Waals surface area contributed by atoms with Crippen molar-refractivity contribution in [3.8, 4) is 0 Å². The molecule has 2 rings (SSSR count). The third-order valence-electron chi connectivity index (χ3n) is 4.48. The summed E-state index contributed by atoms with van der Waals surface area (Å²) in [5.41, 5.74) is 7.50. The monoisotopic (exact) mass is 290 g/mol. The first-order valence-electron chi connectivity index (χ1n) is 7.57. The van der Waals surface area contributed by atoms with E-state index < -0.39 is 0 Å². The highest BCUT2D eigenvalue weighted by atomic mass is 16.2. The summed E-state index contributed by atoms with van der Waals surface area (Å²) in [6.07, 6.45) is 4.76. The van der Waals surface area contributed by atoms with E-state index in [0.29, 0.717) is 13.1 Å². The zero-order valence-electron chi connectivity index (χ0n) is 13.0. The first-order valence-corrected chi connectivity index (χ1v) is 7.57. The lowest BCUT2D eigenvalue weighted by Gasteiger charge is -2.36.